The quantitative estimate of drug-likeness (QED) is 0.447. The van der Waals surface area contributed by atoms with Crippen LogP contribution in [-0.2, 0) is 23.7 Å². The topological polar surface area (TPSA) is 88.1 Å². The summed E-state index contributed by atoms with van der Waals surface area (Å²) in [6, 6.07) is 13.3. The Hall–Kier alpha value is -2.47. The van der Waals surface area contributed by atoms with E-state index in [-0.39, 0.29) is 11.1 Å². The number of hydrogen-bond acceptors (Lipinski definition) is 7. The van der Waals surface area contributed by atoms with E-state index in [4.69, 9.17) is 0 Å². The molecular formula is C16H15O7P. The normalized spacial score (nSPS) is 10.5. The first-order valence-corrected chi connectivity index (χ1v) is 8.14. The minimum atomic E-state index is -3.36. The summed E-state index contributed by atoms with van der Waals surface area (Å²) in [5.74, 6) is -1.67. The number of rotatable bonds is 6. The van der Waals surface area contributed by atoms with E-state index >= 15 is 0 Å². The molecule has 126 valence electrons. The van der Waals surface area contributed by atoms with Gasteiger partial charge in [-0.1, -0.05) is 45.7 Å². The van der Waals surface area contributed by atoms with Gasteiger partial charge in [0, 0.05) is 0 Å². The van der Waals surface area contributed by atoms with Gasteiger partial charge in [-0.15, -0.1) is 0 Å². The summed E-state index contributed by atoms with van der Waals surface area (Å²) in [6.45, 7) is 3.42. The standard InChI is InChI=1S/C16H15O7P/c1-11-7-3-5-9-13(11)15(17)20-22-24(19)23-21-16(18)14-10-6-4-8-12(14)2/h3-10,24H,1-2H3. The highest BCUT2D eigenvalue weighted by atomic mass is 31.1. The summed E-state index contributed by atoms with van der Waals surface area (Å²) in [5.41, 5.74) is 1.84. The van der Waals surface area contributed by atoms with E-state index in [0.717, 1.165) is 0 Å². The molecule has 2 aromatic rings. The van der Waals surface area contributed by atoms with Gasteiger partial charge < -0.3 is 0 Å². The molecule has 0 N–H and O–H groups in total. The molecule has 0 aliphatic carbocycles. The monoisotopic (exact) mass is 350 g/mol. The number of carbonyl (C=O) groups excluding carboxylic acids is 2. The molecule has 0 saturated heterocycles. The molecule has 0 saturated carbocycles. The van der Waals surface area contributed by atoms with Gasteiger partial charge in [0.1, 0.15) is 0 Å². The van der Waals surface area contributed by atoms with Gasteiger partial charge in [0.25, 0.3) is 0 Å². The smallest absolute Gasteiger partial charge is 0.284 e. The molecule has 0 amide bonds. The predicted molar refractivity (Wildman–Crippen MR) is 84.4 cm³/mol. The Morgan fingerprint density at radius 2 is 1.12 bits per heavy atom. The Balaban J connectivity index is 1.82. The summed E-state index contributed by atoms with van der Waals surface area (Å²) in [4.78, 5) is 32.3. The molecular weight excluding hydrogens is 335 g/mol. The highest BCUT2D eigenvalue weighted by Gasteiger charge is 2.16. The van der Waals surface area contributed by atoms with Gasteiger partial charge in [0.15, 0.2) is 0 Å². The largest absolute Gasteiger partial charge is 0.395 e. The summed E-state index contributed by atoms with van der Waals surface area (Å²) in [6.07, 6.45) is 0. The third kappa shape index (κ3) is 4.76. The third-order valence-electron chi connectivity index (χ3n) is 3.10. The van der Waals surface area contributed by atoms with Crippen molar-refractivity contribution in [1.29, 1.82) is 0 Å². The van der Waals surface area contributed by atoms with Crippen LogP contribution in [0.15, 0.2) is 48.5 Å². The van der Waals surface area contributed by atoms with Crippen LogP contribution in [0.3, 0.4) is 0 Å². The van der Waals surface area contributed by atoms with Gasteiger partial charge in [-0.05, 0) is 37.1 Å². The van der Waals surface area contributed by atoms with Gasteiger partial charge in [0.05, 0.1) is 11.1 Å². The maximum Gasteiger partial charge on any atom is 0.395 e. The van der Waals surface area contributed by atoms with Crippen molar-refractivity contribution in [3.05, 3.63) is 70.8 Å². The fourth-order valence-electron chi connectivity index (χ4n) is 1.85. The minimum Gasteiger partial charge on any atom is -0.284 e. The molecule has 0 aromatic heterocycles. The summed E-state index contributed by atoms with van der Waals surface area (Å²) >= 11 is 0. The Morgan fingerprint density at radius 1 is 0.750 bits per heavy atom. The Morgan fingerprint density at radius 3 is 1.50 bits per heavy atom. The second-order valence-electron chi connectivity index (χ2n) is 4.79. The molecule has 0 heterocycles. The van der Waals surface area contributed by atoms with Gasteiger partial charge in [-0.25, -0.2) is 9.59 Å². The van der Waals surface area contributed by atoms with Crippen molar-refractivity contribution >= 4 is 20.2 Å². The number of aryl methyl sites for hydroxylation is 2. The lowest BCUT2D eigenvalue weighted by Gasteiger charge is -2.06. The van der Waals surface area contributed by atoms with Crippen LogP contribution in [0.1, 0.15) is 31.8 Å². The fourth-order valence-corrected chi connectivity index (χ4v) is 2.17. The van der Waals surface area contributed by atoms with E-state index in [1.165, 1.54) is 12.1 Å². The lowest BCUT2D eigenvalue weighted by atomic mass is 10.1. The van der Waals surface area contributed by atoms with Crippen LogP contribution in [0.2, 0.25) is 0 Å². The van der Waals surface area contributed by atoms with Gasteiger partial charge in [-0.2, -0.15) is 0 Å². The van der Waals surface area contributed by atoms with Crippen molar-refractivity contribution in [2.24, 2.45) is 0 Å². The van der Waals surface area contributed by atoms with E-state index in [9.17, 15) is 14.2 Å². The third-order valence-corrected chi connectivity index (χ3v) is 3.54. The summed E-state index contributed by atoms with van der Waals surface area (Å²) in [5, 5.41) is 0. The first kappa shape index (κ1) is 17.9. The first-order valence-electron chi connectivity index (χ1n) is 6.92. The maximum atomic E-state index is 11.7. The second-order valence-corrected chi connectivity index (χ2v) is 5.62. The van der Waals surface area contributed by atoms with Crippen molar-refractivity contribution in [1.82, 2.24) is 0 Å². The Bertz CT molecular complexity index is 709. The molecule has 0 fully saturated rings. The molecule has 0 bridgehead atoms. The molecule has 2 aromatic carbocycles. The SMILES string of the molecule is Cc1ccccc1C(=O)OO[PH](=O)OOC(=O)c1ccccc1C. The predicted octanol–water partition coefficient (Wildman–Crippen LogP) is 3.57. The maximum absolute atomic E-state index is 11.7. The van der Waals surface area contributed by atoms with Crippen LogP contribution in [0.4, 0.5) is 0 Å². The van der Waals surface area contributed by atoms with Crippen molar-refractivity contribution in [2.75, 3.05) is 0 Å². The van der Waals surface area contributed by atoms with Crippen LogP contribution < -0.4 is 0 Å². The molecule has 7 nitrogen and oxygen atoms in total. The molecule has 0 aliphatic rings. The molecule has 0 unspecified atom stereocenters. The molecule has 0 spiro atoms. The lowest BCUT2D eigenvalue weighted by Crippen LogP contribution is -2.07. The summed E-state index contributed by atoms with van der Waals surface area (Å²) < 4.78 is 20.1. The van der Waals surface area contributed by atoms with Crippen LogP contribution in [0.5, 0.6) is 0 Å². The number of benzene rings is 2. The van der Waals surface area contributed by atoms with Crippen LogP contribution in [0.25, 0.3) is 0 Å². The average Bonchev–Trinajstić information content (AvgIpc) is 2.58. The zero-order valence-corrected chi connectivity index (χ0v) is 14.0. The van der Waals surface area contributed by atoms with E-state index < -0.39 is 20.2 Å². The van der Waals surface area contributed by atoms with E-state index in [1.807, 2.05) is 0 Å². The average molecular weight is 350 g/mol. The van der Waals surface area contributed by atoms with E-state index in [1.54, 1.807) is 50.2 Å². The number of hydrogen-bond donors (Lipinski definition) is 0. The zero-order chi connectivity index (χ0) is 17.5. The fraction of sp³-hybridized carbons (Fsp3) is 0.125. The van der Waals surface area contributed by atoms with Crippen molar-refractivity contribution in [3.63, 3.8) is 0 Å². The van der Waals surface area contributed by atoms with Crippen molar-refractivity contribution in [2.45, 2.75) is 13.8 Å². The van der Waals surface area contributed by atoms with Crippen LogP contribution in [-0.4, -0.2) is 11.9 Å². The molecule has 0 atom stereocenters. The van der Waals surface area contributed by atoms with Crippen molar-refractivity contribution in [3.8, 4) is 0 Å². The molecule has 8 heteroatoms. The zero-order valence-electron chi connectivity index (χ0n) is 13.0. The summed E-state index contributed by atoms with van der Waals surface area (Å²) in [7, 11) is -3.36. The highest BCUT2D eigenvalue weighted by Crippen LogP contribution is 2.26. The van der Waals surface area contributed by atoms with E-state index in [2.05, 4.69) is 19.1 Å². The van der Waals surface area contributed by atoms with Crippen LogP contribution >= 0.6 is 8.25 Å². The van der Waals surface area contributed by atoms with Gasteiger partial charge >= 0.3 is 20.2 Å². The molecule has 2 rings (SSSR count). The first-order chi connectivity index (χ1) is 11.5. The molecule has 0 aliphatic heterocycles. The van der Waals surface area contributed by atoms with Gasteiger partial charge in [-0.3, -0.25) is 14.3 Å². The highest BCUT2D eigenvalue weighted by molar-refractivity contribution is 7.33. The molecule has 24 heavy (non-hydrogen) atoms. The Labute approximate surface area is 138 Å². The van der Waals surface area contributed by atoms with Gasteiger partial charge in [0.2, 0.25) is 0 Å². The number of carbonyl (C=O) groups is 2. The van der Waals surface area contributed by atoms with Crippen LogP contribution in [0, 0.1) is 13.8 Å². The molecule has 0 radical (unpaired) electrons. The van der Waals surface area contributed by atoms with Crippen molar-refractivity contribution < 1.29 is 33.3 Å². The Kier molecular flexibility index (Phi) is 6.26. The minimum absolute atomic E-state index is 0.254. The van der Waals surface area contributed by atoms with E-state index in [0.29, 0.717) is 11.1 Å². The lowest BCUT2D eigenvalue weighted by molar-refractivity contribution is -0.201. The second kappa shape index (κ2) is 8.40.